The van der Waals surface area contributed by atoms with Crippen LogP contribution in [0.1, 0.15) is 17.0 Å². The van der Waals surface area contributed by atoms with E-state index in [1.807, 2.05) is 79.1 Å². The Balaban J connectivity index is 1.44. The van der Waals surface area contributed by atoms with Crippen LogP contribution in [-0.2, 0) is 22.7 Å². The number of hydrogen-bond acceptors (Lipinski definition) is 6. The van der Waals surface area contributed by atoms with Gasteiger partial charge < -0.3 is 19.4 Å². The molecule has 1 N–H and O–H groups in total. The lowest BCUT2D eigenvalue weighted by Crippen LogP contribution is -2.16. The summed E-state index contributed by atoms with van der Waals surface area (Å²) in [7, 11) is 1.65. The number of thioether (sulfide) groups is 1. The SMILES string of the molecule is COCCn1c(COc2ccccc2-c2ccccc2)nnc1SCC(=O)Nc1ccc(C)cc1C. The summed E-state index contributed by atoms with van der Waals surface area (Å²) in [6.45, 7) is 5.32. The number of methoxy groups -OCH3 is 1. The van der Waals surface area contributed by atoms with Crippen LogP contribution in [0, 0.1) is 13.8 Å². The standard InChI is InChI=1S/C28H30N4O3S/c1-20-13-14-24(21(2)17-20)29-27(33)19-36-28-31-30-26(32(28)15-16-34-3)18-35-25-12-8-7-11-23(25)22-9-5-4-6-10-22/h4-14,17H,15-16,18-19H2,1-3H3,(H,29,33). The fraction of sp³-hybridized carbons (Fsp3) is 0.250. The molecule has 0 saturated carbocycles. The highest BCUT2D eigenvalue weighted by Crippen LogP contribution is 2.30. The molecule has 1 aromatic heterocycles. The average Bonchev–Trinajstić information content (AvgIpc) is 3.28. The molecule has 0 bridgehead atoms. The van der Waals surface area contributed by atoms with Crippen LogP contribution in [0.25, 0.3) is 11.1 Å². The van der Waals surface area contributed by atoms with Crippen LogP contribution >= 0.6 is 11.8 Å². The number of aryl methyl sites for hydroxylation is 2. The minimum atomic E-state index is -0.0946. The first-order valence-corrected chi connectivity index (χ1v) is 12.7. The number of para-hydroxylation sites is 1. The zero-order chi connectivity index (χ0) is 25.3. The zero-order valence-electron chi connectivity index (χ0n) is 20.7. The molecule has 0 fully saturated rings. The highest BCUT2D eigenvalue weighted by atomic mass is 32.2. The van der Waals surface area contributed by atoms with Gasteiger partial charge in [-0.1, -0.05) is 78.0 Å². The van der Waals surface area contributed by atoms with Crippen LogP contribution < -0.4 is 10.1 Å². The molecule has 0 aliphatic rings. The number of aromatic nitrogens is 3. The number of carbonyl (C=O) groups is 1. The Morgan fingerprint density at radius 3 is 2.56 bits per heavy atom. The normalized spacial score (nSPS) is 10.9. The quantitative estimate of drug-likeness (QED) is 0.272. The topological polar surface area (TPSA) is 78.3 Å². The molecule has 8 heteroatoms. The van der Waals surface area contributed by atoms with Crippen molar-refractivity contribution in [2.24, 2.45) is 0 Å². The number of anilines is 1. The largest absolute Gasteiger partial charge is 0.485 e. The fourth-order valence-corrected chi connectivity index (χ4v) is 4.58. The van der Waals surface area contributed by atoms with Crippen molar-refractivity contribution in [2.75, 3.05) is 24.8 Å². The molecule has 0 aliphatic heterocycles. The number of amides is 1. The third-order valence-corrected chi connectivity index (χ3v) is 6.60. The molecule has 3 aromatic carbocycles. The van der Waals surface area contributed by atoms with Gasteiger partial charge in [0.2, 0.25) is 5.91 Å². The van der Waals surface area contributed by atoms with Crippen molar-refractivity contribution in [1.82, 2.24) is 14.8 Å². The van der Waals surface area contributed by atoms with E-state index in [1.54, 1.807) is 7.11 Å². The lowest BCUT2D eigenvalue weighted by Gasteiger charge is -2.13. The molecule has 0 radical (unpaired) electrons. The third-order valence-electron chi connectivity index (χ3n) is 5.63. The second-order valence-corrected chi connectivity index (χ2v) is 9.29. The van der Waals surface area contributed by atoms with Crippen molar-refractivity contribution in [2.45, 2.75) is 32.2 Å². The molecular weight excluding hydrogens is 472 g/mol. The van der Waals surface area contributed by atoms with E-state index in [1.165, 1.54) is 11.8 Å². The molecule has 186 valence electrons. The van der Waals surface area contributed by atoms with Crippen molar-refractivity contribution >= 4 is 23.4 Å². The Labute approximate surface area is 215 Å². The maximum Gasteiger partial charge on any atom is 0.234 e. The van der Waals surface area contributed by atoms with E-state index >= 15 is 0 Å². The first-order chi connectivity index (χ1) is 17.5. The fourth-order valence-electron chi connectivity index (χ4n) is 3.80. The van der Waals surface area contributed by atoms with Crippen molar-refractivity contribution in [3.63, 3.8) is 0 Å². The predicted molar refractivity (Wildman–Crippen MR) is 143 cm³/mol. The van der Waals surface area contributed by atoms with E-state index < -0.39 is 0 Å². The summed E-state index contributed by atoms with van der Waals surface area (Å²) in [5, 5.41) is 12.3. The number of nitrogens with one attached hydrogen (secondary N) is 1. The number of ether oxygens (including phenoxy) is 2. The van der Waals surface area contributed by atoms with Gasteiger partial charge in [0, 0.05) is 24.9 Å². The van der Waals surface area contributed by atoms with Crippen LogP contribution in [0.4, 0.5) is 5.69 Å². The summed E-state index contributed by atoms with van der Waals surface area (Å²) >= 11 is 1.34. The smallest absolute Gasteiger partial charge is 0.234 e. The molecule has 36 heavy (non-hydrogen) atoms. The van der Waals surface area contributed by atoms with Crippen LogP contribution in [0.15, 0.2) is 78.0 Å². The molecule has 1 heterocycles. The first-order valence-electron chi connectivity index (χ1n) is 11.7. The molecule has 0 aliphatic carbocycles. The van der Waals surface area contributed by atoms with Crippen molar-refractivity contribution in [3.05, 3.63) is 89.7 Å². The molecule has 4 rings (SSSR count). The lowest BCUT2D eigenvalue weighted by atomic mass is 10.1. The maximum absolute atomic E-state index is 12.6. The van der Waals surface area contributed by atoms with Gasteiger partial charge in [-0.05, 0) is 37.1 Å². The van der Waals surface area contributed by atoms with Crippen LogP contribution in [0.5, 0.6) is 5.75 Å². The van der Waals surface area contributed by atoms with Crippen molar-refractivity contribution in [3.8, 4) is 16.9 Å². The van der Waals surface area contributed by atoms with Gasteiger partial charge in [0.05, 0.1) is 12.4 Å². The molecular formula is C28H30N4O3S. The summed E-state index contributed by atoms with van der Waals surface area (Å²) in [6, 6.07) is 24.0. The van der Waals surface area contributed by atoms with E-state index in [4.69, 9.17) is 9.47 Å². The van der Waals surface area contributed by atoms with Crippen molar-refractivity contribution in [1.29, 1.82) is 0 Å². The van der Waals surface area contributed by atoms with E-state index in [2.05, 4.69) is 27.6 Å². The summed E-state index contributed by atoms with van der Waals surface area (Å²) < 4.78 is 13.4. The number of carbonyl (C=O) groups excluding carboxylic acids is 1. The summed E-state index contributed by atoms with van der Waals surface area (Å²) in [5.41, 5.74) is 5.11. The van der Waals surface area contributed by atoms with Gasteiger partial charge in [-0.2, -0.15) is 0 Å². The van der Waals surface area contributed by atoms with Gasteiger partial charge in [0.1, 0.15) is 12.4 Å². The Kier molecular flexibility index (Phi) is 8.76. The van der Waals surface area contributed by atoms with E-state index in [9.17, 15) is 4.79 Å². The minimum absolute atomic E-state index is 0.0946. The Bertz CT molecular complexity index is 1310. The number of benzene rings is 3. The molecule has 4 aromatic rings. The summed E-state index contributed by atoms with van der Waals surface area (Å²) in [6.07, 6.45) is 0. The van der Waals surface area contributed by atoms with Crippen molar-refractivity contribution < 1.29 is 14.3 Å². The van der Waals surface area contributed by atoms with E-state index in [0.29, 0.717) is 24.1 Å². The number of rotatable bonds is 11. The molecule has 0 saturated heterocycles. The van der Waals surface area contributed by atoms with E-state index in [-0.39, 0.29) is 18.3 Å². The Morgan fingerprint density at radius 1 is 1.00 bits per heavy atom. The van der Waals surface area contributed by atoms with Gasteiger partial charge in [-0.15, -0.1) is 10.2 Å². The second kappa shape index (κ2) is 12.4. The summed E-state index contributed by atoms with van der Waals surface area (Å²) in [5.74, 6) is 1.57. The number of hydrogen-bond donors (Lipinski definition) is 1. The molecule has 7 nitrogen and oxygen atoms in total. The molecule has 0 spiro atoms. The van der Waals surface area contributed by atoms with E-state index in [0.717, 1.165) is 33.7 Å². The lowest BCUT2D eigenvalue weighted by molar-refractivity contribution is -0.113. The monoisotopic (exact) mass is 502 g/mol. The van der Waals surface area contributed by atoms with Crippen LogP contribution in [0.2, 0.25) is 0 Å². The number of nitrogens with zero attached hydrogens (tertiary/aromatic N) is 3. The average molecular weight is 503 g/mol. The second-order valence-electron chi connectivity index (χ2n) is 8.35. The molecule has 0 unspecified atom stereocenters. The molecule has 0 atom stereocenters. The third kappa shape index (κ3) is 6.53. The van der Waals surface area contributed by atoms with Gasteiger partial charge >= 0.3 is 0 Å². The molecule has 1 amide bonds. The van der Waals surface area contributed by atoms with Gasteiger partial charge in [0.25, 0.3) is 0 Å². The Hall–Kier alpha value is -3.62. The van der Waals surface area contributed by atoms with Gasteiger partial charge in [-0.3, -0.25) is 4.79 Å². The first kappa shape index (κ1) is 25.5. The van der Waals surface area contributed by atoms with Gasteiger partial charge in [-0.25, -0.2) is 0 Å². The Morgan fingerprint density at radius 2 is 1.78 bits per heavy atom. The predicted octanol–water partition coefficient (Wildman–Crippen LogP) is 5.52. The zero-order valence-corrected chi connectivity index (χ0v) is 21.5. The summed E-state index contributed by atoms with van der Waals surface area (Å²) in [4.78, 5) is 12.6. The van der Waals surface area contributed by atoms with Gasteiger partial charge in [0.15, 0.2) is 11.0 Å². The highest BCUT2D eigenvalue weighted by Gasteiger charge is 2.16. The maximum atomic E-state index is 12.6. The minimum Gasteiger partial charge on any atom is -0.485 e. The highest BCUT2D eigenvalue weighted by molar-refractivity contribution is 7.99. The van der Waals surface area contributed by atoms with Crippen LogP contribution in [-0.4, -0.2) is 40.1 Å². The van der Waals surface area contributed by atoms with Crippen LogP contribution in [0.3, 0.4) is 0 Å².